The molecule has 0 aliphatic heterocycles. The normalized spacial score (nSPS) is 26.2. The van der Waals surface area contributed by atoms with E-state index in [0.717, 1.165) is 0 Å². The molecule has 0 aromatic carbocycles. The first-order valence-electron chi connectivity index (χ1n) is 3.78. The Bertz CT molecular complexity index is 132. The first-order valence-corrected chi connectivity index (χ1v) is 3.78. The van der Waals surface area contributed by atoms with Gasteiger partial charge in [0, 0.05) is 18.9 Å². The topological polar surface area (TPSA) is 46.2 Å². The van der Waals surface area contributed by atoms with E-state index in [0.29, 0.717) is 6.42 Å². The number of hydrogen-bond donors (Lipinski definition) is 2. The van der Waals surface area contributed by atoms with Gasteiger partial charge in [-0.3, -0.25) is 0 Å². The molecule has 1 atom stereocenters. The summed E-state index contributed by atoms with van der Waals surface area (Å²) >= 11 is 0. The third-order valence-electron chi connectivity index (χ3n) is 2.05. The smallest absolute Gasteiger partial charge is 0.248 e. The molecule has 4 heteroatoms. The Labute approximate surface area is 64.4 Å². The minimum absolute atomic E-state index is 0.0205. The Morgan fingerprint density at radius 3 is 2.45 bits per heavy atom. The van der Waals surface area contributed by atoms with Gasteiger partial charge in [-0.05, 0) is 12.3 Å². The summed E-state index contributed by atoms with van der Waals surface area (Å²) in [5.41, 5.74) is 5.38. The maximum absolute atomic E-state index is 12.2. The van der Waals surface area contributed by atoms with Gasteiger partial charge in [-0.25, -0.2) is 8.78 Å². The SMILES string of the molecule is NC(CO)CC1CC(F)(F)C1. The van der Waals surface area contributed by atoms with Crippen molar-refractivity contribution in [3.05, 3.63) is 0 Å². The van der Waals surface area contributed by atoms with Crippen molar-refractivity contribution in [1.29, 1.82) is 0 Å². The number of aliphatic hydroxyl groups excluding tert-OH is 1. The lowest BCUT2D eigenvalue weighted by Gasteiger charge is -2.35. The molecular formula is C7H13F2NO. The average Bonchev–Trinajstić information content (AvgIpc) is 1.83. The van der Waals surface area contributed by atoms with E-state index in [1.165, 1.54) is 0 Å². The predicted molar refractivity (Wildman–Crippen MR) is 37.3 cm³/mol. The Kier molecular flexibility index (Phi) is 2.44. The summed E-state index contributed by atoms with van der Waals surface area (Å²) in [4.78, 5) is 0. The summed E-state index contributed by atoms with van der Waals surface area (Å²) in [6.07, 6.45) is 0.410. The molecule has 1 aliphatic rings. The number of halogens is 2. The Morgan fingerprint density at radius 1 is 1.55 bits per heavy atom. The molecule has 0 radical (unpaired) electrons. The summed E-state index contributed by atoms with van der Waals surface area (Å²) in [5.74, 6) is -2.44. The lowest BCUT2D eigenvalue weighted by Crippen LogP contribution is -2.39. The minimum Gasteiger partial charge on any atom is -0.395 e. The molecule has 66 valence electrons. The van der Waals surface area contributed by atoms with Gasteiger partial charge in [0.15, 0.2) is 0 Å². The number of alkyl halides is 2. The highest BCUT2D eigenvalue weighted by atomic mass is 19.3. The van der Waals surface area contributed by atoms with Crippen LogP contribution in [0.1, 0.15) is 19.3 Å². The first kappa shape index (κ1) is 8.87. The molecule has 0 heterocycles. The van der Waals surface area contributed by atoms with E-state index >= 15 is 0 Å². The van der Waals surface area contributed by atoms with E-state index in [9.17, 15) is 8.78 Å². The van der Waals surface area contributed by atoms with E-state index in [1.807, 2.05) is 0 Å². The van der Waals surface area contributed by atoms with Crippen LogP contribution in [0.5, 0.6) is 0 Å². The molecule has 0 bridgehead atoms. The van der Waals surface area contributed by atoms with Gasteiger partial charge in [0.05, 0.1) is 6.61 Å². The zero-order valence-corrected chi connectivity index (χ0v) is 6.26. The van der Waals surface area contributed by atoms with E-state index in [1.54, 1.807) is 0 Å². The van der Waals surface area contributed by atoms with Crippen molar-refractivity contribution in [2.75, 3.05) is 6.61 Å². The summed E-state index contributed by atoms with van der Waals surface area (Å²) in [5, 5.41) is 8.52. The van der Waals surface area contributed by atoms with E-state index in [2.05, 4.69) is 0 Å². The van der Waals surface area contributed by atoms with Gasteiger partial charge >= 0.3 is 0 Å². The second kappa shape index (κ2) is 3.03. The highest BCUT2D eigenvalue weighted by molar-refractivity contribution is 4.87. The van der Waals surface area contributed by atoms with Crippen molar-refractivity contribution in [1.82, 2.24) is 0 Å². The second-order valence-corrected chi connectivity index (χ2v) is 3.31. The Balaban J connectivity index is 2.13. The van der Waals surface area contributed by atoms with Crippen LogP contribution in [0.3, 0.4) is 0 Å². The van der Waals surface area contributed by atoms with Crippen LogP contribution in [-0.4, -0.2) is 23.7 Å². The molecule has 2 nitrogen and oxygen atoms in total. The molecule has 1 saturated carbocycles. The molecule has 0 saturated heterocycles. The zero-order chi connectivity index (χ0) is 8.48. The summed E-state index contributed by atoms with van der Waals surface area (Å²) in [6.45, 7) is -0.109. The largest absolute Gasteiger partial charge is 0.395 e. The van der Waals surface area contributed by atoms with Crippen molar-refractivity contribution in [3.63, 3.8) is 0 Å². The van der Waals surface area contributed by atoms with Crippen molar-refractivity contribution < 1.29 is 13.9 Å². The molecule has 1 fully saturated rings. The van der Waals surface area contributed by atoms with Crippen molar-refractivity contribution in [2.24, 2.45) is 11.7 Å². The van der Waals surface area contributed by atoms with E-state index in [4.69, 9.17) is 10.8 Å². The minimum atomic E-state index is -2.46. The van der Waals surface area contributed by atoms with Crippen LogP contribution in [0.2, 0.25) is 0 Å². The molecule has 0 aromatic heterocycles. The van der Waals surface area contributed by atoms with Crippen LogP contribution in [0, 0.1) is 5.92 Å². The van der Waals surface area contributed by atoms with Gasteiger partial charge in [0.1, 0.15) is 0 Å². The fraction of sp³-hybridized carbons (Fsp3) is 1.00. The first-order chi connectivity index (χ1) is 5.03. The molecule has 1 unspecified atom stereocenters. The quantitative estimate of drug-likeness (QED) is 0.648. The van der Waals surface area contributed by atoms with Crippen LogP contribution in [0.25, 0.3) is 0 Å². The van der Waals surface area contributed by atoms with Gasteiger partial charge in [-0.2, -0.15) is 0 Å². The highest BCUT2D eigenvalue weighted by Gasteiger charge is 2.45. The standard InChI is InChI=1S/C7H13F2NO/c8-7(9)2-5(3-7)1-6(10)4-11/h5-6,11H,1-4,10H2. The fourth-order valence-corrected chi connectivity index (χ4v) is 1.45. The maximum Gasteiger partial charge on any atom is 0.248 e. The fourth-order valence-electron chi connectivity index (χ4n) is 1.45. The van der Waals surface area contributed by atoms with Crippen molar-refractivity contribution in [2.45, 2.75) is 31.2 Å². The van der Waals surface area contributed by atoms with Gasteiger partial charge in [0.25, 0.3) is 0 Å². The average molecular weight is 165 g/mol. The summed E-state index contributed by atoms with van der Waals surface area (Å²) in [6, 6.07) is -0.323. The van der Waals surface area contributed by atoms with Crippen LogP contribution >= 0.6 is 0 Å². The van der Waals surface area contributed by atoms with Gasteiger partial charge < -0.3 is 10.8 Å². The van der Waals surface area contributed by atoms with Gasteiger partial charge in [0.2, 0.25) is 5.92 Å². The predicted octanol–water partition coefficient (Wildman–Crippen LogP) is 0.741. The number of hydrogen-bond acceptors (Lipinski definition) is 2. The van der Waals surface area contributed by atoms with Crippen molar-refractivity contribution >= 4 is 0 Å². The molecule has 0 spiro atoms. The van der Waals surface area contributed by atoms with Crippen LogP contribution in [0.15, 0.2) is 0 Å². The number of rotatable bonds is 3. The van der Waals surface area contributed by atoms with E-state index in [-0.39, 0.29) is 31.4 Å². The second-order valence-electron chi connectivity index (χ2n) is 3.31. The molecule has 1 rings (SSSR count). The van der Waals surface area contributed by atoms with Crippen molar-refractivity contribution in [3.8, 4) is 0 Å². The van der Waals surface area contributed by atoms with Gasteiger partial charge in [-0.1, -0.05) is 0 Å². The van der Waals surface area contributed by atoms with E-state index < -0.39 is 5.92 Å². The lowest BCUT2D eigenvalue weighted by molar-refractivity contribution is -0.113. The Morgan fingerprint density at radius 2 is 2.09 bits per heavy atom. The molecule has 0 amide bonds. The lowest BCUT2D eigenvalue weighted by atomic mass is 9.78. The molecule has 3 N–H and O–H groups in total. The maximum atomic E-state index is 12.2. The summed E-state index contributed by atoms with van der Waals surface area (Å²) < 4.78 is 24.5. The molecular weight excluding hydrogens is 152 g/mol. The summed E-state index contributed by atoms with van der Waals surface area (Å²) in [7, 11) is 0. The number of aliphatic hydroxyl groups is 1. The molecule has 11 heavy (non-hydrogen) atoms. The number of nitrogens with two attached hydrogens (primary N) is 1. The molecule has 1 aliphatic carbocycles. The zero-order valence-electron chi connectivity index (χ0n) is 6.26. The third-order valence-corrected chi connectivity index (χ3v) is 2.05. The van der Waals surface area contributed by atoms with Crippen LogP contribution in [-0.2, 0) is 0 Å². The monoisotopic (exact) mass is 165 g/mol. The van der Waals surface area contributed by atoms with Gasteiger partial charge in [-0.15, -0.1) is 0 Å². The molecule has 0 aromatic rings. The third kappa shape index (κ3) is 2.38. The Hall–Kier alpha value is -0.220. The highest BCUT2D eigenvalue weighted by Crippen LogP contribution is 2.44. The van der Waals surface area contributed by atoms with Crippen LogP contribution in [0.4, 0.5) is 8.78 Å². The van der Waals surface area contributed by atoms with Crippen LogP contribution < -0.4 is 5.73 Å².